The molecule has 2 unspecified atom stereocenters. The predicted octanol–water partition coefficient (Wildman–Crippen LogP) is 6.30. The summed E-state index contributed by atoms with van der Waals surface area (Å²) in [7, 11) is 0. The van der Waals surface area contributed by atoms with Crippen molar-refractivity contribution in [3.05, 3.63) is 131 Å². The van der Waals surface area contributed by atoms with Crippen molar-refractivity contribution in [2.45, 2.75) is 37.5 Å². The molecule has 4 aromatic carbocycles. The first kappa shape index (κ1) is 30.4. The lowest BCUT2D eigenvalue weighted by Gasteiger charge is -2.30. The number of ether oxygens (including phenoxy) is 2. The van der Waals surface area contributed by atoms with Crippen molar-refractivity contribution in [2.75, 3.05) is 18.5 Å². The average molecular weight is 624 g/mol. The Kier molecular flexibility index (Phi) is 9.45. The smallest absolute Gasteiger partial charge is 0.340 e. The van der Waals surface area contributed by atoms with Crippen LogP contribution in [0.15, 0.2) is 103 Å². The molecule has 9 heteroatoms. The van der Waals surface area contributed by atoms with Crippen LogP contribution in [0.1, 0.15) is 41.0 Å². The van der Waals surface area contributed by atoms with Crippen molar-refractivity contribution in [1.82, 2.24) is 10.3 Å². The number of benzene rings is 4. The number of para-hydroxylation sites is 1. The normalized spacial score (nSPS) is 16.5. The Hall–Kier alpha value is -4.63. The summed E-state index contributed by atoms with van der Waals surface area (Å²) in [4.78, 5) is 29.3. The van der Waals surface area contributed by atoms with E-state index >= 15 is 0 Å². The number of anilines is 1. The van der Waals surface area contributed by atoms with Gasteiger partial charge in [0.05, 0.1) is 5.69 Å². The molecule has 0 bridgehead atoms. The van der Waals surface area contributed by atoms with E-state index in [4.69, 9.17) is 21.1 Å². The quantitative estimate of drug-likeness (QED) is 0.128. The Balaban J connectivity index is 1.21. The Morgan fingerprint density at radius 1 is 0.956 bits per heavy atom. The SMILES string of the molecule is O=C(COc1ccccc1)Nc1ccc2[nH]c3c(c2c1)CC(NCCc1ccccc1Cl)CC3OC(=O)[C@H](O)c1ccccc1. The van der Waals surface area contributed by atoms with Crippen molar-refractivity contribution in [1.29, 1.82) is 0 Å². The zero-order valence-electron chi connectivity index (χ0n) is 24.5. The number of aliphatic hydroxyl groups is 1. The van der Waals surface area contributed by atoms with Crippen molar-refractivity contribution >= 4 is 40.1 Å². The molecule has 1 aromatic heterocycles. The summed E-state index contributed by atoms with van der Waals surface area (Å²) in [5.74, 6) is -0.365. The van der Waals surface area contributed by atoms with Crippen molar-refractivity contribution in [2.24, 2.45) is 0 Å². The number of aromatic nitrogens is 1. The summed E-state index contributed by atoms with van der Waals surface area (Å²) in [6.07, 6.45) is -0.0536. The molecule has 0 saturated heterocycles. The minimum absolute atomic E-state index is 0.0109. The first-order valence-electron chi connectivity index (χ1n) is 15.0. The first-order valence-corrected chi connectivity index (χ1v) is 15.3. The lowest BCUT2D eigenvalue weighted by Crippen LogP contribution is -2.38. The topological polar surface area (TPSA) is 113 Å². The number of carbonyl (C=O) groups excluding carboxylic acids is 2. The van der Waals surface area contributed by atoms with Crippen molar-refractivity contribution in [3.63, 3.8) is 0 Å². The number of amides is 1. The van der Waals surface area contributed by atoms with Crippen LogP contribution in [0, 0.1) is 0 Å². The van der Waals surface area contributed by atoms with Crippen LogP contribution in [-0.4, -0.2) is 41.2 Å². The molecule has 1 heterocycles. The molecule has 0 aliphatic heterocycles. The zero-order valence-corrected chi connectivity index (χ0v) is 25.3. The first-order chi connectivity index (χ1) is 21.9. The van der Waals surface area contributed by atoms with Gasteiger partial charge in [0.15, 0.2) is 12.7 Å². The van der Waals surface area contributed by atoms with Crippen LogP contribution in [0.3, 0.4) is 0 Å². The third-order valence-corrected chi connectivity index (χ3v) is 8.36. The molecule has 3 atom stereocenters. The van der Waals surface area contributed by atoms with Crippen LogP contribution < -0.4 is 15.4 Å². The van der Waals surface area contributed by atoms with Gasteiger partial charge in [-0.1, -0.05) is 78.3 Å². The van der Waals surface area contributed by atoms with E-state index in [1.54, 1.807) is 36.4 Å². The lowest BCUT2D eigenvalue weighted by molar-refractivity contribution is -0.161. The Morgan fingerprint density at radius 3 is 2.47 bits per heavy atom. The van der Waals surface area contributed by atoms with E-state index in [2.05, 4.69) is 15.6 Å². The summed E-state index contributed by atoms with van der Waals surface area (Å²) in [6, 6.07) is 31.3. The molecule has 0 spiro atoms. The van der Waals surface area contributed by atoms with Gasteiger partial charge in [-0.15, -0.1) is 0 Å². The maximum Gasteiger partial charge on any atom is 0.340 e. The van der Waals surface area contributed by atoms with Gasteiger partial charge in [0.1, 0.15) is 11.9 Å². The monoisotopic (exact) mass is 623 g/mol. The van der Waals surface area contributed by atoms with Gasteiger partial charge in [-0.3, -0.25) is 4.79 Å². The summed E-state index contributed by atoms with van der Waals surface area (Å²) in [6.45, 7) is 0.564. The highest BCUT2D eigenvalue weighted by Gasteiger charge is 2.34. The van der Waals surface area contributed by atoms with Crippen LogP contribution in [0.5, 0.6) is 5.75 Å². The van der Waals surface area contributed by atoms with E-state index in [1.807, 2.05) is 66.7 Å². The maximum absolute atomic E-state index is 13.1. The number of aromatic amines is 1. The molecule has 6 rings (SSSR count). The minimum atomic E-state index is -1.40. The van der Waals surface area contributed by atoms with Gasteiger partial charge in [-0.2, -0.15) is 0 Å². The average Bonchev–Trinajstić information content (AvgIpc) is 3.43. The number of fused-ring (bicyclic) bond motifs is 3. The fraction of sp³-hybridized carbons (Fsp3) is 0.222. The van der Waals surface area contributed by atoms with Crippen molar-refractivity contribution in [3.8, 4) is 5.75 Å². The fourth-order valence-electron chi connectivity index (χ4n) is 5.76. The second-order valence-corrected chi connectivity index (χ2v) is 11.5. The zero-order chi connectivity index (χ0) is 31.2. The molecule has 1 aliphatic carbocycles. The molecule has 4 N–H and O–H groups in total. The third-order valence-electron chi connectivity index (χ3n) is 7.99. The second-order valence-electron chi connectivity index (χ2n) is 11.1. The van der Waals surface area contributed by atoms with E-state index in [0.717, 1.165) is 39.2 Å². The predicted molar refractivity (Wildman–Crippen MR) is 174 cm³/mol. The molecular weight excluding hydrogens is 590 g/mol. The Labute approximate surface area is 266 Å². The summed E-state index contributed by atoms with van der Waals surface area (Å²) < 4.78 is 11.6. The van der Waals surface area contributed by atoms with Crippen LogP contribution >= 0.6 is 11.6 Å². The number of hydrogen-bond acceptors (Lipinski definition) is 6. The van der Waals surface area contributed by atoms with Gasteiger partial charge in [0, 0.05) is 34.1 Å². The summed E-state index contributed by atoms with van der Waals surface area (Å²) in [5.41, 5.74) is 4.81. The Morgan fingerprint density at radius 2 is 1.69 bits per heavy atom. The van der Waals surface area contributed by atoms with E-state index < -0.39 is 18.2 Å². The van der Waals surface area contributed by atoms with Gasteiger partial charge >= 0.3 is 5.97 Å². The van der Waals surface area contributed by atoms with Crippen molar-refractivity contribution < 1.29 is 24.2 Å². The number of carbonyl (C=O) groups is 2. The number of nitrogens with one attached hydrogen (secondary N) is 3. The largest absolute Gasteiger partial charge is 0.484 e. The number of esters is 1. The molecular formula is C36H34ClN3O5. The number of aliphatic hydroxyl groups excluding tert-OH is 1. The highest BCUT2D eigenvalue weighted by atomic mass is 35.5. The summed E-state index contributed by atoms with van der Waals surface area (Å²) in [5, 5.41) is 18.9. The highest BCUT2D eigenvalue weighted by Crippen LogP contribution is 2.38. The standard InChI is InChI=1S/C36H34ClN3O5/c37-30-14-8-7-9-23(30)17-18-38-26-20-29-28-19-25(39-33(41)22-44-27-12-5-2-6-13-27)15-16-31(28)40-34(29)32(21-26)45-36(43)35(42)24-10-3-1-4-11-24/h1-16,19,26,32,35,38,40,42H,17-18,20-22H2,(H,39,41)/t26?,32?,35-/m1/s1. The van der Waals surface area contributed by atoms with Crippen LogP contribution in [0.4, 0.5) is 5.69 Å². The van der Waals surface area contributed by atoms with E-state index in [1.165, 1.54) is 0 Å². The van der Waals surface area contributed by atoms with Gasteiger partial charge in [0.2, 0.25) is 0 Å². The highest BCUT2D eigenvalue weighted by molar-refractivity contribution is 6.31. The maximum atomic E-state index is 13.1. The minimum Gasteiger partial charge on any atom is -0.484 e. The van der Waals surface area contributed by atoms with Gasteiger partial charge in [0.25, 0.3) is 5.91 Å². The number of halogens is 1. The second kappa shape index (κ2) is 14.0. The van der Waals surface area contributed by atoms with E-state index in [-0.39, 0.29) is 18.6 Å². The van der Waals surface area contributed by atoms with Crippen LogP contribution in [0.2, 0.25) is 5.02 Å². The molecule has 0 radical (unpaired) electrons. The number of hydrogen-bond donors (Lipinski definition) is 4. The molecule has 5 aromatic rings. The van der Waals surface area contributed by atoms with Crippen LogP contribution in [-0.2, 0) is 27.2 Å². The fourth-order valence-corrected chi connectivity index (χ4v) is 5.99. The molecule has 230 valence electrons. The summed E-state index contributed by atoms with van der Waals surface area (Å²) >= 11 is 6.37. The van der Waals surface area contributed by atoms with Crippen LogP contribution in [0.25, 0.3) is 10.9 Å². The Bertz CT molecular complexity index is 1780. The molecule has 45 heavy (non-hydrogen) atoms. The number of rotatable bonds is 11. The lowest BCUT2D eigenvalue weighted by atomic mass is 9.89. The van der Waals surface area contributed by atoms with E-state index in [0.29, 0.717) is 36.4 Å². The molecule has 0 fully saturated rings. The molecule has 1 aliphatic rings. The van der Waals surface area contributed by atoms with Gasteiger partial charge < -0.3 is 30.2 Å². The number of H-pyrrole nitrogens is 1. The van der Waals surface area contributed by atoms with Gasteiger partial charge in [-0.25, -0.2) is 4.79 Å². The molecule has 8 nitrogen and oxygen atoms in total. The van der Waals surface area contributed by atoms with Gasteiger partial charge in [-0.05, 0) is 72.5 Å². The molecule has 1 amide bonds. The van der Waals surface area contributed by atoms with E-state index in [9.17, 15) is 14.7 Å². The molecule has 0 saturated carbocycles. The third kappa shape index (κ3) is 7.37.